The lowest BCUT2D eigenvalue weighted by molar-refractivity contribution is 0.0326. The number of hydrogen-bond donors (Lipinski definition) is 2. The van der Waals surface area contributed by atoms with Crippen LogP contribution in [0.2, 0.25) is 0 Å². The molecule has 6 heteroatoms. The molecule has 0 radical (unpaired) electrons. The van der Waals surface area contributed by atoms with E-state index in [1.54, 1.807) is 37.5 Å². The lowest BCUT2D eigenvalue weighted by atomic mass is 9.88. The molecule has 0 spiro atoms. The Bertz CT molecular complexity index is 811. The summed E-state index contributed by atoms with van der Waals surface area (Å²) in [4.78, 5) is 17.9. The average Bonchev–Trinajstić information content (AvgIpc) is 2.97. The molecular formula is C19H20N4O2. The Kier molecular flexibility index (Phi) is 4.43. The third-order valence-electron chi connectivity index (χ3n) is 4.94. The van der Waals surface area contributed by atoms with Gasteiger partial charge in [-0.15, -0.1) is 0 Å². The van der Waals surface area contributed by atoms with Gasteiger partial charge < -0.3 is 15.3 Å². The van der Waals surface area contributed by atoms with Gasteiger partial charge in [0.05, 0.1) is 17.7 Å². The summed E-state index contributed by atoms with van der Waals surface area (Å²) < 4.78 is 0. The standard InChI is InChI=1S/C19H20N4O2/c1-13-19(25,15-5-8-17(22-12-15)18(24)21-2)9-10-23(13)16-6-3-14(11-20)4-7-16/h3-8,12-13,25H,9-10H2,1-2H3,(H,21,24)/t13-,19?/m0/s1. The quantitative estimate of drug-likeness (QED) is 0.892. The van der Waals surface area contributed by atoms with Crippen LogP contribution in [-0.2, 0) is 5.60 Å². The molecule has 2 heterocycles. The Hall–Kier alpha value is -2.91. The zero-order chi connectivity index (χ0) is 18.0. The number of pyridine rings is 1. The fourth-order valence-electron chi connectivity index (χ4n) is 3.33. The number of carbonyl (C=O) groups is 1. The maximum Gasteiger partial charge on any atom is 0.269 e. The number of nitriles is 1. The molecule has 2 N–H and O–H groups in total. The van der Waals surface area contributed by atoms with Crippen molar-refractivity contribution in [2.45, 2.75) is 25.0 Å². The summed E-state index contributed by atoms with van der Waals surface area (Å²) in [5.74, 6) is -0.253. The smallest absolute Gasteiger partial charge is 0.269 e. The molecule has 25 heavy (non-hydrogen) atoms. The van der Waals surface area contributed by atoms with Crippen molar-refractivity contribution in [2.24, 2.45) is 0 Å². The van der Waals surface area contributed by atoms with E-state index in [1.807, 2.05) is 19.1 Å². The lowest BCUT2D eigenvalue weighted by Crippen LogP contribution is -2.40. The van der Waals surface area contributed by atoms with Gasteiger partial charge in [0.2, 0.25) is 0 Å². The fourth-order valence-corrected chi connectivity index (χ4v) is 3.33. The van der Waals surface area contributed by atoms with Crippen molar-refractivity contribution in [3.8, 4) is 6.07 Å². The summed E-state index contributed by atoms with van der Waals surface area (Å²) in [5, 5.41) is 22.7. The SMILES string of the molecule is CNC(=O)c1ccc(C2(O)CCN(c3ccc(C#N)cc3)[C@H]2C)cn1. The predicted molar refractivity (Wildman–Crippen MR) is 94.1 cm³/mol. The van der Waals surface area contributed by atoms with Gasteiger partial charge in [-0.05, 0) is 43.7 Å². The first kappa shape index (κ1) is 16.9. The van der Waals surface area contributed by atoms with E-state index in [0.29, 0.717) is 29.8 Å². The summed E-state index contributed by atoms with van der Waals surface area (Å²) in [5.41, 5.74) is 1.56. The minimum Gasteiger partial charge on any atom is -0.383 e. The van der Waals surface area contributed by atoms with Crippen molar-refractivity contribution < 1.29 is 9.90 Å². The molecule has 0 aliphatic carbocycles. The van der Waals surface area contributed by atoms with Gasteiger partial charge in [-0.25, -0.2) is 0 Å². The third-order valence-corrected chi connectivity index (χ3v) is 4.94. The lowest BCUT2D eigenvalue weighted by Gasteiger charge is -2.32. The van der Waals surface area contributed by atoms with Crippen molar-refractivity contribution in [3.05, 3.63) is 59.4 Å². The topological polar surface area (TPSA) is 89.2 Å². The summed E-state index contributed by atoms with van der Waals surface area (Å²) >= 11 is 0. The van der Waals surface area contributed by atoms with Crippen LogP contribution in [0.4, 0.5) is 5.69 Å². The number of carbonyl (C=O) groups excluding carboxylic acids is 1. The number of nitrogens with one attached hydrogen (secondary N) is 1. The van der Waals surface area contributed by atoms with Crippen LogP contribution in [0.1, 0.15) is 35.0 Å². The Morgan fingerprint density at radius 3 is 2.64 bits per heavy atom. The van der Waals surface area contributed by atoms with Gasteiger partial charge in [0, 0.05) is 31.0 Å². The fraction of sp³-hybridized carbons (Fsp3) is 0.316. The van der Waals surface area contributed by atoms with E-state index in [9.17, 15) is 9.90 Å². The molecule has 0 saturated carbocycles. The zero-order valence-corrected chi connectivity index (χ0v) is 14.2. The van der Waals surface area contributed by atoms with E-state index in [-0.39, 0.29) is 11.9 Å². The summed E-state index contributed by atoms with van der Waals surface area (Å²) in [6.07, 6.45) is 2.14. The highest BCUT2D eigenvalue weighted by atomic mass is 16.3. The molecule has 6 nitrogen and oxygen atoms in total. The molecule has 1 fully saturated rings. The first-order valence-corrected chi connectivity index (χ1v) is 8.17. The minimum atomic E-state index is -1.04. The summed E-state index contributed by atoms with van der Waals surface area (Å²) in [6.45, 7) is 2.67. The molecule has 0 bridgehead atoms. The van der Waals surface area contributed by atoms with Crippen molar-refractivity contribution in [1.82, 2.24) is 10.3 Å². The highest BCUT2D eigenvalue weighted by molar-refractivity contribution is 5.91. The van der Waals surface area contributed by atoms with E-state index in [4.69, 9.17) is 5.26 Å². The molecule has 2 atom stereocenters. The number of nitrogens with zero attached hydrogens (tertiary/aromatic N) is 3. The molecule has 1 aromatic carbocycles. The van der Waals surface area contributed by atoms with E-state index >= 15 is 0 Å². The zero-order valence-electron chi connectivity index (χ0n) is 14.2. The van der Waals surface area contributed by atoms with E-state index in [1.165, 1.54) is 0 Å². The van der Waals surface area contributed by atoms with E-state index in [2.05, 4.69) is 21.3 Å². The van der Waals surface area contributed by atoms with Gasteiger partial charge in [0.1, 0.15) is 11.3 Å². The second kappa shape index (κ2) is 6.54. The summed E-state index contributed by atoms with van der Waals surface area (Å²) in [6, 6.07) is 12.7. The molecule has 1 aliphatic heterocycles. The van der Waals surface area contributed by atoms with Crippen LogP contribution >= 0.6 is 0 Å². The molecule has 3 rings (SSSR count). The van der Waals surface area contributed by atoms with Crippen molar-refractivity contribution in [3.63, 3.8) is 0 Å². The molecule has 1 aliphatic rings. The maximum absolute atomic E-state index is 11.6. The number of amides is 1. The number of hydrogen-bond acceptors (Lipinski definition) is 5. The molecular weight excluding hydrogens is 316 g/mol. The van der Waals surface area contributed by atoms with Crippen molar-refractivity contribution in [2.75, 3.05) is 18.5 Å². The first-order chi connectivity index (χ1) is 12.0. The third kappa shape index (κ3) is 2.94. The first-order valence-electron chi connectivity index (χ1n) is 8.17. The molecule has 1 unspecified atom stereocenters. The number of rotatable bonds is 3. The van der Waals surface area contributed by atoms with Crippen LogP contribution in [0.15, 0.2) is 42.6 Å². The van der Waals surface area contributed by atoms with Gasteiger partial charge in [-0.1, -0.05) is 6.07 Å². The maximum atomic E-state index is 11.6. The molecule has 1 amide bonds. The number of aliphatic hydroxyl groups is 1. The van der Waals surface area contributed by atoms with E-state index < -0.39 is 5.60 Å². The predicted octanol–water partition coefficient (Wildman–Crippen LogP) is 1.80. The molecule has 128 valence electrons. The van der Waals surface area contributed by atoms with E-state index in [0.717, 1.165) is 5.69 Å². The Morgan fingerprint density at radius 2 is 2.08 bits per heavy atom. The highest BCUT2D eigenvalue weighted by Gasteiger charge is 2.45. The minimum absolute atomic E-state index is 0.159. The Morgan fingerprint density at radius 1 is 1.36 bits per heavy atom. The van der Waals surface area contributed by atoms with Crippen molar-refractivity contribution in [1.29, 1.82) is 5.26 Å². The largest absolute Gasteiger partial charge is 0.383 e. The van der Waals surface area contributed by atoms with Gasteiger partial charge in [-0.3, -0.25) is 9.78 Å². The van der Waals surface area contributed by atoms with Gasteiger partial charge in [0.15, 0.2) is 0 Å². The van der Waals surface area contributed by atoms with Crippen LogP contribution in [0.5, 0.6) is 0 Å². The normalized spacial score (nSPS) is 22.5. The average molecular weight is 336 g/mol. The second-order valence-corrected chi connectivity index (χ2v) is 6.21. The Labute approximate surface area is 146 Å². The van der Waals surface area contributed by atoms with Gasteiger partial charge >= 0.3 is 0 Å². The number of anilines is 1. The molecule has 2 aromatic rings. The van der Waals surface area contributed by atoms with Crippen LogP contribution in [-0.4, -0.2) is 35.6 Å². The van der Waals surface area contributed by atoms with Crippen LogP contribution in [0.25, 0.3) is 0 Å². The Balaban J connectivity index is 1.85. The number of aromatic nitrogens is 1. The van der Waals surface area contributed by atoms with Crippen LogP contribution in [0, 0.1) is 11.3 Å². The van der Waals surface area contributed by atoms with Gasteiger partial charge in [-0.2, -0.15) is 5.26 Å². The molecule has 1 aromatic heterocycles. The highest BCUT2D eigenvalue weighted by Crippen LogP contribution is 2.39. The number of benzene rings is 1. The van der Waals surface area contributed by atoms with Crippen LogP contribution < -0.4 is 10.2 Å². The van der Waals surface area contributed by atoms with Crippen LogP contribution in [0.3, 0.4) is 0 Å². The monoisotopic (exact) mass is 336 g/mol. The molecule has 1 saturated heterocycles. The van der Waals surface area contributed by atoms with Gasteiger partial charge in [0.25, 0.3) is 5.91 Å². The second-order valence-electron chi connectivity index (χ2n) is 6.21. The summed E-state index contributed by atoms with van der Waals surface area (Å²) in [7, 11) is 1.56. The van der Waals surface area contributed by atoms with Crippen molar-refractivity contribution >= 4 is 11.6 Å².